The number of nitrogens with two attached hydrogens (primary N) is 1. The van der Waals surface area contributed by atoms with Crippen molar-refractivity contribution in [2.75, 3.05) is 0 Å². The van der Waals surface area contributed by atoms with Crippen LogP contribution in [-0.4, -0.2) is 0 Å². The van der Waals surface area contributed by atoms with E-state index in [4.69, 9.17) is 10.2 Å². The molecule has 15 heavy (non-hydrogen) atoms. The van der Waals surface area contributed by atoms with Crippen molar-refractivity contribution in [3.8, 4) is 0 Å². The zero-order valence-corrected chi connectivity index (χ0v) is 10.7. The zero-order valence-electron chi connectivity index (χ0n) is 9.10. The molecule has 0 aliphatic rings. The summed E-state index contributed by atoms with van der Waals surface area (Å²) in [5, 5.41) is 1.14. The Bertz CT molecular complexity index is 514. The highest BCUT2D eigenvalue weighted by atomic mass is 79.9. The topological polar surface area (TPSA) is 39.2 Å². The van der Waals surface area contributed by atoms with Gasteiger partial charge in [-0.1, -0.05) is 15.9 Å². The average Bonchev–Trinajstić information content (AvgIpc) is 2.58. The van der Waals surface area contributed by atoms with Crippen LogP contribution >= 0.6 is 15.9 Å². The number of aryl methyl sites for hydroxylation is 2. The molecule has 0 aliphatic carbocycles. The van der Waals surface area contributed by atoms with Gasteiger partial charge in [0, 0.05) is 9.86 Å². The first-order chi connectivity index (χ1) is 7.00. The van der Waals surface area contributed by atoms with E-state index in [9.17, 15) is 0 Å². The van der Waals surface area contributed by atoms with Gasteiger partial charge in [0.1, 0.15) is 11.3 Å². The molecule has 2 rings (SSSR count). The molecule has 0 amide bonds. The Hall–Kier alpha value is -0.800. The van der Waals surface area contributed by atoms with E-state index in [0.29, 0.717) is 0 Å². The highest BCUT2D eigenvalue weighted by Crippen LogP contribution is 2.32. The van der Waals surface area contributed by atoms with Crippen molar-refractivity contribution in [1.82, 2.24) is 0 Å². The standard InChI is InChI=1S/C12H14BrNO/c1-6-4-11-9(7(2)12(6)13)5-10(15-11)8(3)14/h4-5,8H,14H2,1-3H3. The maximum atomic E-state index is 5.80. The third kappa shape index (κ3) is 1.70. The SMILES string of the molecule is Cc1cc2oc(C(C)N)cc2c(C)c1Br. The average molecular weight is 268 g/mol. The van der Waals surface area contributed by atoms with Crippen LogP contribution in [0.15, 0.2) is 21.0 Å². The quantitative estimate of drug-likeness (QED) is 0.853. The molecule has 2 aromatic rings. The second-order valence-corrected chi connectivity index (χ2v) is 4.77. The van der Waals surface area contributed by atoms with E-state index >= 15 is 0 Å². The highest BCUT2D eigenvalue weighted by Gasteiger charge is 2.12. The van der Waals surface area contributed by atoms with Gasteiger partial charge in [-0.15, -0.1) is 0 Å². The van der Waals surface area contributed by atoms with Gasteiger partial charge in [0.15, 0.2) is 0 Å². The summed E-state index contributed by atoms with van der Waals surface area (Å²) in [7, 11) is 0. The van der Waals surface area contributed by atoms with Crippen molar-refractivity contribution in [3.05, 3.63) is 33.5 Å². The molecule has 1 aromatic carbocycles. The molecule has 0 saturated carbocycles. The van der Waals surface area contributed by atoms with Gasteiger partial charge in [-0.05, 0) is 44.0 Å². The van der Waals surface area contributed by atoms with E-state index in [1.807, 2.05) is 19.1 Å². The lowest BCUT2D eigenvalue weighted by molar-refractivity contribution is 0.513. The summed E-state index contributed by atoms with van der Waals surface area (Å²) in [5.74, 6) is 0.839. The van der Waals surface area contributed by atoms with E-state index in [-0.39, 0.29) is 6.04 Å². The molecular weight excluding hydrogens is 254 g/mol. The number of rotatable bonds is 1. The third-order valence-electron chi connectivity index (χ3n) is 2.66. The first-order valence-electron chi connectivity index (χ1n) is 4.95. The summed E-state index contributed by atoms with van der Waals surface area (Å²) < 4.78 is 6.85. The van der Waals surface area contributed by atoms with Crippen LogP contribution in [0.5, 0.6) is 0 Å². The fourth-order valence-electron chi connectivity index (χ4n) is 1.72. The summed E-state index contributed by atoms with van der Waals surface area (Å²) >= 11 is 3.57. The lowest BCUT2D eigenvalue weighted by atomic mass is 10.1. The maximum Gasteiger partial charge on any atom is 0.134 e. The Balaban J connectivity index is 2.76. The maximum absolute atomic E-state index is 5.80. The van der Waals surface area contributed by atoms with Gasteiger partial charge in [0.25, 0.3) is 0 Å². The smallest absolute Gasteiger partial charge is 0.134 e. The minimum absolute atomic E-state index is 0.0594. The molecule has 1 aromatic heterocycles. The second-order valence-electron chi connectivity index (χ2n) is 3.98. The molecule has 3 heteroatoms. The largest absolute Gasteiger partial charge is 0.459 e. The van der Waals surface area contributed by atoms with Gasteiger partial charge < -0.3 is 10.2 Å². The van der Waals surface area contributed by atoms with Crippen LogP contribution in [0, 0.1) is 13.8 Å². The number of benzene rings is 1. The number of hydrogen-bond donors (Lipinski definition) is 1. The van der Waals surface area contributed by atoms with Crippen molar-refractivity contribution >= 4 is 26.9 Å². The number of halogens is 1. The number of fused-ring (bicyclic) bond motifs is 1. The first kappa shape index (κ1) is 10.7. The van der Waals surface area contributed by atoms with Crippen LogP contribution in [-0.2, 0) is 0 Å². The summed E-state index contributed by atoms with van der Waals surface area (Å²) in [6, 6.07) is 4.01. The van der Waals surface area contributed by atoms with E-state index in [1.165, 1.54) is 11.1 Å². The molecule has 0 saturated heterocycles. The molecule has 1 unspecified atom stereocenters. The molecule has 2 N–H and O–H groups in total. The lowest BCUT2D eigenvalue weighted by Gasteiger charge is -2.02. The van der Waals surface area contributed by atoms with Crippen LogP contribution < -0.4 is 5.73 Å². The minimum atomic E-state index is -0.0594. The van der Waals surface area contributed by atoms with Crippen molar-refractivity contribution in [3.63, 3.8) is 0 Å². The molecule has 80 valence electrons. The summed E-state index contributed by atoms with van der Waals surface area (Å²) in [5.41, 5.74) is 9.11. The molecular formula is C12H14BrNO. The molecule has 2 nitrogen and oxygen atoms in total. The van der Waals surface area contributed by atoms with Gasteiger partial charge >= 0.3 is 0 Å². The van der Waals surface area contributed by atoms with E-state index < -0.39 is 0 Å². The molecule has 1 atom stereocenters. The number of furan rings is 1. The van der Waals surface area contributed by atoms with Gasteiger partial charge in [-0.25, -0.2) is 0 Å². The Morgan fingerprint density at radius 1 is 1.33 bits per heavy atom. The molecule has 0 spiro atoms. The Morgan fingerprint density at radius 3 is 2.60 bits per heavy atom. The van der Waals surface area contributed by atoms with Crippen LogP contribution in [0.1, 0.15) is 29.9 Å². The molecule has 0 radical (unpaired) electrons. The third-order valence-corrected chi connectivity index (χ3v) is 3.88. The van der Waals surface area contributed by atoms with Crippen LogP contribution in [0.25, 0.3) is 11.0 Å². The Morgan fingerprint density at radius 2 is 2.00 bits per heavy atom. The normalized spacial score (nSPS) is 13.4. The highest BCUT2D eigenvalue weighted by molar-refractivity contribution is 9.10. The van der Waals surface area contributed by atoms with Crippen molar-refractivity contribution < 1.29 is 4.42 Å². The van der Waals surface area contributed by atoms with Gasteiger partial charge in [0.2, 0.25) is 0 Å². The fraction of sp³-hybridized carbons (Fsp3) is 0.333. The van der Waals surface area contributed by atoms with Gasteiger partial charge in [0.05, 0.1) is 6.04 Å². The van der Waals surface area contributed by atoms with Crippen LogP contribution in [0.2, 0.25) is 0 Å². The summed E-state index contributed by atoms with van der Waals surface area (Å²) in [4.78, 5) is 0. The fourth-order valence-corrected chi connectivity index (χ4v) is 2.05. The van der Waals surface area contributed by atoms with E-state index in [0.717, 1.165) is 21.2 Å². The van der Waals surface area contributed by atoms with Crippen LogP contribution in [0.4, 0.5) is 0 Å². The van der Waals surface area contributed by atoms with Gasteiger partial charge in [-0.3, -0.25) is 0 Å². The molecule has 0 aliphatic heterocycles. The first-order valence-corrected chi connectivity index (χ1v) is 5.74. The van der Waals surface area contributed by atoms with Crippen LogP contribution in [0.3, 0.4) is 0 Å². The van der Waals surface area contributed by atoms with E-state index in [1.54, 1.807) is 0 Å². The predicted octanol–water partition coefficient (Wildman–Crippen LogP) is 3.83. The molecule has 1 heterocycles. The molecule has 0 fully saturated rings. The zero-order chi connectivity index (χ0) is 11.2. The van der Waals surface area contributed by atoms with Crippen molar-refractivity contribution in [2.45, 2.75) is 26.8 Å². The summed E-state index contributed by atoms with van der Waals surface area (Å²) in [6.45, 7) is 6.07. The van der Waals surface area contributed by atoms with E-state index in [2.05, 4.69) is 29.8 Å². The van der Waals surface area contributed by atoms with Crippen molar-refractivity contribution in [2.24, 2.45) is 5.73 Å². The Kier molecular flexibility index (Phi) is 2.61. The van der Waals surface area contributed by atoms with Gasteiger partial charge in [-0.2, -0.15) is 0 Å². The number of hydrogen-bond acceptors (Lipinski definition) is 2. The lowest BCUT2D eigenvalue weighted by Crippen LogP contribution is -2.02. The van der Waals surface area contributed by atoms with Crippen molar-refractivity contribution in [1.29, 1.82) is 0 Å². The Labute approximate surface area is 97.6 Å². The monoisotopic (exact) mass is 267 g/mol. The minimum Gasteiger partial charge on any atom is -0.459 e. The second kappa shape index (κ2) is 3.65. The predicted molar refractivity (Wildman–Crippen MR) is 66.0 cm³/mol. The summed E-state index contributed by atoms with van der Waals surface area (Å²) in [6.07, 6.45) is 0. The molecule has 0 bridgehead atoms.